The smallest absolute Gasteiger partial charge is 0.252 e. The Kier molecular flexibility index (Phi) is 7.04. The molecule has 3 aromatic rings. The Bertz CT molecular complexity index is 1280. The Morgan fingerprint density at radius 3 is 2.53 bits per heavy atom. The van der Waals surface area contributed by atoms with Crippen LogP contribution in [-0.2, 0) is 17.1 Å². The van der Waals surface area contributed by atoms with Gasteiger partial charge in [-0.3, -0.25) is 4.79 Å². The summed E-state index contributed by atoms with van der Waals surface area (Å²) in [4.78, 5) is 18.1. The summed E-state index contributed by atoms with van der Waals surface area (Å²) in [5, 5.41) is 3.06. The number of hydrogen-bond donors (Lipinski definition) is 1. The molecule has 0 saturated carbocycles. The first-order chi connectivity index (χ1) is 16.3. The number of carbonyl (C=O) groups excluding carboxylic acids is 1. The van der Waals surface area contributed by atoms with E-state index in [1.165, 1.54) is 10.4 Å². The number of piperidine rings is 1. The van der Waals surface area contributed by atoms with Crippen LogP contribution < -0.4 is 10.1 Å². The largest absolute Gasteiger partial charge is 0.496 e. The minimum absolute atomic E-state index is 0.135. The second-order valence-corrected chi connectivity index (χ2v) is 10.4. The van der Waals surface area contributed by atoms with Gasteiger partial charge < -0.3 is 14.6 Å². The highest BCUT2D eigenvalue weighted by Gasteiger charge is 2.29. The zero-order chi connectivity index (χ0) is 24.3. The number of methoxy groups -OCH3 is 1. The minimum atomic E-state index is -3.66. The lowest BCUT2D eigenvalue weighted by atomic mass is 10.0. The van der Waals surface area contributed by atoms with Crippen molar-refractivity contribution in [3.05, 3.63) is 77.4 Å². The summed E-state index contributed by atoms with van der Waals surface area (Å²) in [6.07, 6.45) is 6.21. The maximum Gasteiger partial charge on any atom is 0.252 e. The predicted molar refractivity (Wildman–Crippen MR) is 129 cm³/mol. The van der Waals surface area contributed by atoms with Crippen LogP contribution in [0.3, 0.4) is 0 Å². The second-order valence-electron chi connectivity index (χ2n) is 8.49. The van der Waals surface area contributed by atoms with Gasteiger partial charge in [0.1, 0.15) is 17.6 Å². The molecule has 2 heterocycles. The maximum absolute atomic E-state index is 13.5. The summed E-state index contributed by atoms with van der Waals surface area (Å²) in [6.45, 7) is 2.81. The molecule has 8 nitrogen and oxygen atoms in total. The first-order valence-corrected chi connectivity index (χ1v) is 12.8. The van der Waals surface area contributed by atoms with Gasteiger partial charge in [-0.15, -0.1) is 0 Å². The molecule has 1 unspecified atom stereocenters. The average molecular weight is 483 g/mol. The highest BCUT2D eigenvalue weighted by atomic mass is 32.2. The number of benzene rings is 2. The van der Waals surface area contributed by atoms with E-state index in [9.17, 15) is 13.2 Å². The molecule has 2 aromatic carbocycles. The van der Waals surface area contributed by atoms with Gasteiger partial charge in [0.05, 0.1) is 12.0 Å². The number of imidazole rings is 1. The van der Waals surface area contributed by atoms with Gasteiger partial charge in [0.25, 0.3) is 5.91 Å². The molecule has 0 aliphatic carbocycles. The number of nitrogens with one attached hydrogen (secondary N) is 1. The number of hydrogen-bond acceptors (Lipinski definition) is 5. The lowest BCUT2D eigenvalue weighted by molar-refractivity contribution is 0.0940. The van der Waals surface area contributed by atoms with Gasteiger partial charge in [0.15, 0.2) is 0 Å². The van der Waals surface area contributed by atoms with Gasteiger partial charge in [0.2, 0.25) is 10.0 Å². The number of ether oxygens (including phenoxy) is 1. The molecule has 4 rings (SSSR count). The highest BCUT2D eigenvalue weighted by Crippen LogP contribution is 2.30. The Morgan fingerprint density at radius 2 is 1.85 bits per heavy atom. The Morgan fingerprint density at radius 1 is 1.12 bits per heavy atom. The van der Waals surface area contributed by atoms with Crippen molar-refractivity contribution < 1.29 is 17.9 Å². The lowest BCUT2D eigenvalue weighted by Crippen LogP contribution is -2.36. The van der Waals surface area contributed by atoms with E-state index >= 15 is 0 Å². The molecule has 1 aliphatic rings. The Hall–Kier alpha value is -3.17. The third-order valence-corrected chi connectivity index (χ3v) is 8.14. The molecule has 34 heavy (non-hydrogen) atoms. The maximum atomic E-state index is 13.5. The number of aromatic nitrogens is 2. The van der Waals surface area contributed by atoms with Gasteiger partial charge >= 0.3 is 0 Å². The van der Waals surface area contributed by atoms with Crippen LogP contribution >= 0.6 is 0 Å². The van der Waals surface area contributed by atoms with Gasteiger partial charge in [-0.1, -0.05) is 30.7 Å². The van der Waals surface area contributed by atoms with E-state index in [2.05, 4.69) is 10.3 Å². The SMILES string of the molecule is COc1ccccc1C(NC(=O)c1cc(S(=O)(=O)N2CCCCC2)ccc1C)c1nccn1C. The van der Waals surface area contributed by atoms with E-state index in [4.69, 9.17) is 4.74 Å². The molecule has 1 saturated heterocycles. The van der Waals surface area contributed by atoms with E-state index in [-0.39, 0.29) is 10.8 Å². The van der Waals surface area contributed by atoms with Crippen LogP contribution in [0.25, 0.3) is 0 Å². The van der Waals surface area contributed by atoms with Gasteiger partial charge in [-0.2, -0.15) is 4.31 Å². The number of sulfonamides is 1. The lowest BCUT2D eigenvalue weighted by Gasteiger charge is -2.26. The molecule has 1 N–H and O–H groups in total. The first-order valence-electron chi connectivity index (χ1n) is 11.3. The molecule has 1 fully saturated rings. The van der Waals surface area contributed by atoms with Crippen LogP contribution in [-0.4, -0.2) is 48.4 Å². The van der Waals surface area contributed by atoms with Crippen molar-refractivity contribution >= 4 is 15.9 Å². The molecule has 180 valence electrons. The molecule has 1 aromatic heterocycles. The third kappa shape index (κ3) is 4.71. The van der Waals surface area contributed by atoms with Crippen molar-refractivity contribution in [1.82, 2.24) is 19.2 Å². The normalized spacial score (nSPS) is 15.6. The van der Waals surface area contributed by atoms with Crippen molar-refractivity contribution in [3.63, 3.8) is 0 Å². The number of amides is 1. The van der Waals surface area contributed by atoms with Crippen molar-refractivity contribution in [2.45, 2.75) is 37.1 Å². The molecule has 0 bridgehead atoms. The molecule has 0 spiro atoms. The topological polar surface area (TPSA) is 93.5 Å². The second kappa shape index (κ2) is 9.99. The van der Waals surface area contributed by atoms with Crippen LogP contribution in [0.5, 0.6) is 5.75 Å². The fourth-order valence-corrected chi connectivity index (χ4v) is 5.85. The number of rotatable bonds is 7. The van der Waals surface area contributed by atoms with E-state index in [0.717, 1.165) is 24.8 Å². The van der Waals surface area contributed by atoms with E-state index in [1.807, 2.05) is 35.9 Å². The fraction of sp³-hybridized carbons (Fsp3) is 0.360. The number of carbonyl (C=O) groups is 1. The van der Waals surface area contributed by atoms with Gasteiger partial charge in [0, 0.05) is 43.7 Å². The van der Waals surface area contributed by atoms with Crippen molar-refractivity contribution in [3.8, 4) is 5.75 Å². The van der Waals surface area contributed by atoms with Crippen LogP contribution in [0, 0.1) is 6.92 Å². The summed E-state index contributed by atoms with van der Waals surface area (Å²) in [5.74, 6) is 0.869. The van der Waals surface area contributed by atoms with Gasteiger partial charge in [-0.05, 0) is 43.5 Å². The van der Waals surface area contributed by atoms with Crippen molar-refractivity contribution in [1.29, 1.82) is 0 Å². The van der Waals surface area contributed by atoms with Crippen LogP contribution in [0.1, 0.15) is 52.6 Å². The molecule has 9 heteroatoms. The van der Waals surface area contributed by atoms with Crippen molar-refractivity contribution in [2.24, 2.45) is 7.05 Å². The van der Waals surface area contributed by atoms with Crippen LogP contribution in [0.15, 0.2) is 59.8 Å². The van der Waals surface area contributed by atoms with Crippen LogP contribution in [0.2, 0.25) is 0 Å². The summed E-state index contributed by atoms with van der Waals surface area (Å²) >= 11 is 0. The zero-order valence-corrected chi connectivity index (χ0v) is 20.5. The summed E-state index contributed by atoms with van der Waals surface area (Å²) in [7, 11) is -0.225. The zero-order valence-electron chi connectivity index (χ0n) is 19.7. The van der Waals surface area contributed by atoms with Gasteiger partial charge in [-0.25, -0.2) is 13.4 Å². The van der Waals surface area contributed by atoms with Crippen LogP contribution in [0.4, 0.5) is 0 Å². The quantitative estimate of drug-likeness (QED) is 0.557. The standard InChI is InChI=1S/C25H30N4O4S/c1-18-11-12-19(34(31,32)29-14-7-4-8-15-29)17-21(18)25(30)27-23(24-26-13-16-28(24)2)20-9-5-6-10-22(20)33-3/h5-6,9-13,16-17,23H,4,7-8,14-15H2,1-3H3,(H,27,30). The van der Waals surface area contributed by atoms with Crippen molar-refractivity contribution in [2.75, 3.05) is 20.2 Å². The monoisotopic (exact) mass is 482 g/mol. The summed E-state index contributed by atoms with van der Waals surface area (Å²) in [5.41, 5.74) is 1.75. The average Bonchev–Trinajstić information content (AvgIpc) is 3.28. The van der Waals surface area contributed by atoms with E-state index in [1.54, 1.807) is 38.6 Å². The fourth-order valence-electron chi connectivity index (χ4n) is 4.31. The molecule has 0 radical (unpaired) electrons. The third-order valence-electron chi connectivity index (χ3n) is 6.25. The Balaban J connectivity index is 1.70. The van der Waals surface area contributed by atoms with E-state index in [0.29, 0.717) is 35.8 Å². The Labute approximate surface area is 200 Å². The minimum Gasteiger partial charge on any atom is -0.496 e. The molecule has 1 amide bonds. The summed E-state index contributed by atoms with van der Waals surface area (Å²) in [6, 6.07) is 11.6. The molecular weight excluding hydrogens is 452 g/mol. The number of nitrogens with zero attached hydrogens (tertiary/aromatic N) is 3. The number of aryl methyl sites for hydroxylation is 2. The number of para-hydroxylation sites is 1. The molecule has 1 aliphatic heterocycles. The van der Waals surface area contributed by atoms with E-state index < -0.39 is 16.1 Å². The first kappa shape index (κ1) is 24.0. The summed E-state index contributed by atoms with van der Waals surface area (Å²) < 4.78 is 35.3. The highest BCUT2D eigenvalue weighted by molar-refractivity contribution is 7.89. The molecule has 1 atom stereocenters. The predicted octanol–water partition coefficient (Wildman–Crippen LogP) is 3.43. The molecular formula is C25H30N4O4S.